The van der Waals surface area contributed by atoms with Crippen molar-refractivity contribution in [3.8, 4) is 11.3 Å². The number of rotatable bonds is 4. The van der Waals surface area contributed by atoms with Crippen molar-refractivity contribution in [1.82, 2.24) is 10.4 Å². The summed E-state index contributed by atoms with van der Waals surface area (Å²) in [6, 6.07) is 22.5. The summed E-state index contributed by atoms with van der Waals surface area (Å²) in [6.45, 7) is 0.240. The molecule has 0 atom stereocenters. The average molecular weight is 349 g/mol. The van der Waals surface area contributed by atoms with Gasteiger partial charge in [0.15, 0.2) is 0 Å². The predicted molar refractivity (Wildman–Crippen MR) is 99.0 cm³/mol. The van der Waals surface area contributed by atoms with E-state index in [1.807, 2.05) is 66.1 Å². The Bertz CT molecular complexity index is 807. The van der Waals surface area contributed by atoms with E-state index in [0.29, 0.717) is 5.56 Å². The molecule has 0 unspecified atom stereocenters. The Balaban J connectivity index is 0.000000190. The highest BCUT2D eigenvalue weighted by molar-refractivity contribution is 5.76. The SMILES string of the molecule is NNC(=O)OCc1ccccc1.O=Cc1ccc(-c2ccccn2)cc1. The topological polar surface area (TPSA) is 94.3 Å². The molecule has 0 bridgehead atoms. The molecule has 1 amide bonds. The van der Waals surface area contributed by atoms with Gasteiger partial charge in [-0.15, -0.1) is 0 Å². The lowest BCUT2D eigenvalue weighted by atomic mass is 10.1. The number of hydrogen-bond donors (Lipinski definition) is 2. The summed E-state index contributed by atoms with van der Waals surface area (Å²) in [4.78, 5) is 25.2. The summed E-state index contributed by atoms with van der Waals surface area (Å²) in [5.41, 5.74) is 5.44. The zero-order chi connectivity index (χ0) is 18.6. The summed E-state index contributed by atoms with van der Waals surface area (Å²) in [5.74, 6) is 4.81. The fourth-order valence-corrected chi connectivity index (χ4v) is 2.03. The zero-order valence-corrected chi connectivity index (χ0v) is 14.0. The highest BCUT2D eigenvalue weighted by Crippen LogP contribution is 2.15. The molecular weight excluding hydrogens is 330 g/mol. The number of nitrogens with one attached hydrogen (secondary N) is 1. The van der Waals surface area contributed by atoms with Crippen LogP contribution < -0.4 is 11.3 Å². The van der Waals surface area contributed by atoms with E-state index in [0.717, 1.165) is 23.1 Å². The lowest BCUT2D eigenvalue weighted by Gasteiger charge is -2.02. The molecule has 0 radical (unpaired) electrons. The van der Waals surface area contributed by atoms with Crippen molar-refractivity contribution >= 4 is 12.4 Å². The number of ether oxygens (including phenoxy) is 1. The summed E-state index contributed by atoms with van der Waals surface area (Å²) in [7, 11) is 0. The fourth-order valence-electron chi connectivity index (χ4n) is 2.03. The van der Waals surface area contributed by atoms with Crippen molar-refractivity contribution in [2.45, 2.75) is 6.61 Å². The van der Waals surface area contributed by atoms with E-state index in [9.17, 15) is 9.59 Å². The molecule has 132 valence electrons. The maximum Gasteiger partial charge on any atom is 0.421 e. The molecule has 3 rings (SSSR count). The summed E-state index contributed by atoms with van der Waals surface area (Å²) in [6.07, 6.45) is 1.96. The number of carbonyl (C=O) groups is 2. The Labute approximate surface area is 151 Å². The van der Waals surface area contributed by atoms with Gasteiger partial charge in [0.05, 0.1) is 5.69 Å². The first-order valence-corrected chi connectivity index (χ1v) is 7.87. The van der Waals surface area contributed by atoms with E-state index in [-0.39, 0.29) is 6.61 Å². The van der Waals surface area contributed by atoms with Gasteiger partial charge in [0, 0.05) is 17.3 Å². The minimum atomic E-state index is -0.626. The van der Waals surface area contributed by atoms with E-state index < -0.39 is 6.09 Å². The Kier molecular flexibility index (Phi) is 7.51. The molecule has 1 heterocycles. The Morgan fingerprint density at radius 3 is 2.27 bits per heavy atom. The maximum absolute atomic E-state index is 10.5. The van der Waals surface area contributed by atoms with Crippen molar-refractivity contribution in [3.63, 3.8) is 0 Å². The van der Waals surface area contributed by atoms with Crippen LogP contribution in [0.4, 0.5) is 4.79 Å². The second-order valence-electron chi connectivity index (χ2n) is 5.16. The second kappa shape index (κ2) is 10.4. The molecule has 6 heteroatoms. The van der Waals surface area contributed by atoms with Crippen LogP contribution in [0.2, 0.25) is 0 Å². The van der Waals surface area contributed by atoms with Crippen molar-refractivity contribution in [1.29, 1.82) is 0 Å². The quantitative estimate of drug-likeness (QED) is 0.326. The van der Waals surface area contributed by atoms with Crippen LogP contribution in [0.3, 0.4) is 0 Å². The Hall–Kier alpha value is -3.51. The number of hydrogen-bond acceptors (Lipinski definition) is 5. The van der Waals surface area contributed by atoms with Crippen molar-refractivity contribution in [2.75, 3.05) is 0 Å². The van der Waals surface area contributed by atoms with Gasteiger partial charge in [0.2, 0.25) is 0 Å². The molecule has 0 fully saturated rings. The molecule has 6 nitrogen and oxygen atoms in total. The van der Waals surface area contributed by atoms with Gasteiger partial charge in [0.25, 0.3) is 0 Å². The summed E-state index contributed by atoms with van der Waals surface area (Å²) < 4.78 is 4.70. The smallest absolute Gasteiger partial charge is 0.421 e. The molecule has 26 heavy (non-hydrogen) atoms. The van der Waals surface area contributed by atoms with Crippen molar-refractivity contribution in [3.05, 3.63) is 90.1 Å². The minimum absolute atomic E-state index is 0.240. The lowest BCUT2D eigenvalue weighted by Crippen LogP contribution is -2.30. The third-order valence-electron chi connectivity index (χ3n) is 3.34. The van der Waals surface area contributed by atoms with Crippen LogP contribution in [0, 0.1) is 0 Å². The standard InChI is InChI=1S/C12H9NO.C8H10N2O2/c14-9-10-4-6-11(7-5-10)12-3-1-2-8-13-12;9-10-8(11)12-6-7-4-2-1-3-5-7/h1-9H;1-5H,6,9H2,(H,10,11). The van der Waals surface area contributed by atoms with Crippen LogP contribution in [0.1, 0.15) is 15.9 Å². The summed E-state index contributed by atoms with van der Waals surface area (Å²) >= 11 is 0. The van der Waals surface area contributed by atoms with E-state index in [4.69, 9.17) is 10.6 Å². The lowest BCUT2D eigenvalue weighted by molar-refractivity contribution is 0.112. The molecular formula is C20H19N3O3. The number of nitrogens with zero attached hydrogens (tertiary/aromatic N) is 1. The predicted octanol–water partition coefficient (Wildman–Crippen LogP) is 3.35. The van der Waals surface area contributed by atoms with Crippen LogP contribution in [0.5, 0.6) is 0 Å². The van der Waals surface area contributed by atoms with Gasteiger partial charge in [-0.2, -0.15) is 0 Å². The molecule has 0 saturated heterocycles. The highest BCUT2D eigenvalue weighted by atomic mass is 16.5. The zero-order valence-electron chi connectivity index (χ0n) is 14.0. The number of aldehydes is 1. The van der Waals surface area contributed by atoms with Crippen molar-refractivity contribution in [2.24, 2.45) is 5.84 Å². The van der Waals surface area contributed by atoms with Crippen LogP contribution in [-0.2, 0) is 11.3 Å². The summed E-state index contributed by atoms with van der Waals surface area (Å²) in [5, 5.41) is 0. The van der Waals surface area contributed by atoms with Crippen LogP contribution in [0.25, 0.3) is 11.3 Å². The normalized spacial score (nSPS) is 9.42. The molecule has 3 N–H and O–H groups in total. The molecule has 0 aliphatic rings. The molecule has 2 aromatic carbocycles. The monoisotopic (exact) mass is 349 g/mol. The van der Waals surface area contributed by atoms with Crippen LogP contribution >= 0.6 is 0 Å². The second-order valence-corrected chi connectivity index (χ2v) is 5.16. The number of benzene rings is 2. The molecule has 0 saturated carbocycles. The van der Waals surface area contributed by atoms with Gasteiger partial charge in [-0.1, -0.05) is 60.7 Å². The molecule has 0 spiro atoms. The largest absolute Gasteiger partial charge is 0.444 e. The third-order valence-corrected chi connectivity index (χ3v) is 3.34. The van der Waals surface area contributed by atoms with Crippen molar-refractivity contribution < 1.29 is 14.3 Å². The van der Waals surface area contributed by atoms with E-state index in [1.54, 1.807) is 18.3 Å². The molecule has 0 aliphatic carbocycles. The number of carbonyl (C=O) groups excluding carboxylic acids is 2. The van der Waals surface area contributed by atoms with E-state index in [1.165, 1.54) is 0 Å². The van der Waals surface area contributed by atoms with Crippen LogP contribution in [-0.4, -0.2) is 17.4 Å². The Morgan fingerprint density at radius 1 is 1.00 bits per heavy atom. The first-order valence-electron chi connectivity index (χ1n) is 7.87. The number of amides is 1. The van der Waals surface area contributed by atoms with Gasteiger partial charge in [0.1, 0.15) is 12.9 Å². The third kappa shape index (κ3) is 6.18. The maximum atomic E-state index is 10.5. The van der Waals surface area contributed by atoms with Gasteiger partial charge < -0.3 is 4.74 Å². The minimum Gasteiger partial charge on any atom is -0.444 e. The fraction of sp³-hybridized carbons (Fsp3) is 0.0500. The molecule has 0 aliphatic heterocycles. The van der Waals surface area contributed by atoms with Crippen LogP contribution in [0.15, 0.2) is 79.0 Å². The average Bonchev–Trinajstić information content (AvgIpc) is 2.74. The first-order chi connectivity index (χ1) is 12.7. The number of hydrazine groups is 1. The van der Waals surface area contributed by atoms with Gasteiger partial charge in [-0.3, -0.25) is 15.2 Å². The van der Waals surface area contributed by atoms with Gasteiger partial charge in [-0.05, 0) is 17.7 Å². The number of nitrogens with two attached hydrogens (primary N) is 1. The van der Waals surface area contributed by atoms with Gasteiger partial charge in [-0.25, -0.2) is 10.6 Å². The highest BCUT2D eigenvalue weighted by Gasteiger charge is 1.98. The number of pyridine rings is 1. The number of aromatic nitrogens is 1. The first kappa shape index (κ1) is 18.8. The Morgan fingerprint density at radius 2 is 1.69 bits per heavy atom. The van der Waals surface area contributed by atoms with Gasteiger partial charge >= 0.3 is 6.09 Å². The van der Waals surface area contributed by atoms with E-state index in [2.05, 4.69) is 4.98 Å². The van der Waals surface area contributed by atoms with E-state index >= 15 is 0 Å². The molecule has 1 aromatic heterocycles. The molecule has 3 aromatic rings.